The molecule has 3 fully saturated rings. The molecule has 0 spiro atoms. The predicted octanol–water partition coefficient (Wildman–Crippen LogP) is 5.97. The molecule has 1 aromatic carbocycles. The highest BCUT2D eigenvalue weighted by Gasteiger charge is 2.56. The lowest BCUT2D eigenvalue weighted by atomic mass is 9.81. The van der Waals surface area contributed by atoms with Crippen LogP contribution in [-0.4, -0.2) is 143 Å². The van der Waals surface area contributed by atoms with Crippen LogP contribution in [0.15, 0.2) is 54.2 Å². The number of piperidine rings is 1. The summed E-state index contributed by atoms with van der Waals surface area (Å²) in [4.78, 5) is 92.7. The number of carbonyl (C=O) groups is 5. The molecule has 20 nitrogen and oxygen atoms in total. The molecule has 71 heavy (non-hydrogen) atoms. The molecular formula is C51H71N3O17. The lowest BCUT2D eigenvalue weighted by Crippen LogP contribution is -2.64. The van der Waals surface area contributed by atoms with E-state index in [9.17, 15) is 54.4 Å². The van der Waals surface area contributed by atoms with Gasteiger partial charge in [-0.25, -0.2) is 4.79 Å². The van der Waals surface area contributed by atoms with Crippen LogP contribution in [-0.2, 0) is 47.6 Å². The Balaban J connectivity index is 1.47. The van der Waals surface area contributed by atoms with Gasteiger partial charge >= 0.3 is 5.97 Å². The van der Waals surface area contributed by atoms with Gasteiger partial charge in [-0.1, -0.05) is 39.0 Å². The van der Waals surface area contributed by atoms with Gasteiger partial charge in [0.25, 0.3) is 23.1 Å². The highest BCUT2D eigenvalue weighted by atomic mass is 16.7. The molecule has 1 aliphatic carbocycles. The zero-order valence-corrected chi connectivity index (χ0v) is 42.0. The molecule has 3 aliphatic heterocycles. The van der Waals surface area contributed by atoms with Crippen LogP contribution in [0.1, 0.15) is 109 Å². The minimum absolute atomic E-state index is 0.0744. The lowest BCUT2D eigenvalue weighted by molar-refractivity contribution is -0.394. The summed E-state index contributed by atoms with van der Waals surface area (Å²) < 4.78 is 36.1. The van der Waals surface area contributed by atoms with Gasteiger partial charge in [-0.15, -0.1) is 6.58 Å². The maximum atomic E-state index is 14.4. The number of hydrogen-bond acceptors (Lipinski definition) is 17. The van der Waals surface area contributed by atoms with Crippen molar-refractivity contribution in [2.24, 2.45) is 29.6 Å². The molecule has 0 aromatic heterocycles. The molecule has 0 radical (unpaired) electrons. The molecule has 4 aliphatic rings. The van der Waals surface area contributed by atoms with Crippen LogP contribution in [0.2, 0.25) is 0 Å². The number of nitro groups is 2. The van der Waals surface area contributed by atoms with Crippen molar-refractivity contribution in [2.45, 2.75) is 153 Å². The zero-order valence-electron chi connectivity index (χ0n) is 42.0. The van der Waals surface area contributed by atoms with Crippen molar-refractivity contribution in [1.82, 2.24) is 4.90 Å². The number of rotatable bonds is 11. The molecule has 1 amide bonds. The second kappa shape index (κ2) is 25.0. The van der Waals surface area contributed by atoms with Gasteiger partial charge in [0.05, 0.1) is 64.6 Å². The summed E-state index contributed by atoms with van der Waals surface area (Å²) in [5, 5.41) is 47.0. The number of nitrogens with zero attached hydrogens (tertiary/aromatic N) is 3. The first-order valence-electron chi connectivity index (χ1n) is 24.4. The summed E-state index contributed by atoms with van der Waals surface area (Å²) >= 11 is 0. The van der Waals surface area contributed by atoms with E-state index in [0.717, 1.165) is 18.2 Å². The van der Waals surface area contributed by atoms with Crippen LogP contribution in [0.25, 0.3) is 0 Å². The summed E-state index contributed by atoms with van der Waals surface area (Å²) in [6, 6.07) is 1.95. The number of hydrogen-bond donors (Lipinski definition) is 2. The standard InChI is InChI=1S/C51H71N3O17/c1-10-13-34-19-28(2)45(57)29(3)20-43(67-8)47-44(68-9)21-31(5)51(61,71-47)48(58)49(59)52-17-12-11-14-36(52)27-69-46(32(6)39(55)26-40(34)56)30(4)18-33-15-16-41(42(22-33)66-7)70-50(60)35-23-37(53(62)63)25-38(24-35)54(64)65/h10,18-19,23-25,29,31-34,36,39,41-44,46-47,55,61H,1,11-17,20-22,26-27H2,2-9H3/b28-19+,30-18?. The molecule has 14 unspecified atom stereocenters. The van der Waals surface area contributed by atoms with Crippen LogP contribution >= 0.6 is 0 Å². The Labute approximate surface area is 414 Å². The number of aliphatic hydroxyl groups excluding tert-OH is 1. The summed E-state index contributed by atoms with van der Waals surface area (Å²) in [6.45, 7) is 12.4. The van der Waals surface area contributed by atoms with Crippen molar-refractivity contribution >= 4 is 40.6 Å². The fourth-order valence-electron chi connectivity index (χ4n) is 10.6. The van der Waals surface area contributed by atoms with Gasteiger partial charge in [0.2, 0.25) is 5.79 Å². The summed E-state index contributed by atoms with van der Waals surface area (Å²) in [6.07, 6.45) is 1.96. The monoisotopic (exact) mass is 997 g/mol. The predicted molar refractivity (Wildman–Crippen MR) is 256 cm³/mol. The number of ketones is 3. The fraction of sp³-hybridized carbons (Fsp3) is 0.667. The topological polar surface area (TPSA) is 271 Å². The van der Waals surface area contributed by atoms with E-state index in [1.54, 1.807) is 39.8 Å². The van der Waals surface area contributed by atoms with Crippen molar-refractivity contribution in [2.75, 3.05) is 34.5 Å². The first-order chi connectivity index (χ1) is 33.6. The number of esters is 1. The van der Waals surface area contributed by atoms with Gasteiger partial charge < -0.3 is 43.5 Å². The third-order valence-corrected chi connectivity index (χ3v) is 14.8. The van der Waals surface area contributed by atoms with Gasteiger partial charge in [-0.3, -0.25) is 39.4 Å². The molecular weight excluding hydrogens is 927 g/mol. The van der Waals surface area contributed by atoms with Crippen LogP contribution in [0.3, 0.4) is 0 Å². The number of fused-ring (bicyclic) bond motifs is 3. The number of ether oxygens (including phenoxy) is 6. The number of amides is 1. The van der Waals surface area contributed by atoms with E-state index < -0.39 is 117 Å². The summed E-state index contributed by atoms with van der Waals surface area (Å²) in [5.74, 6) is -9.52. The fourth-order valence-corrected chi connectivity index (χ4v) is 10.6. The van der Waals surface area contributed by atoms with Crippen LogP contribution in [0.4, 0.5) is 11.4 Å². The Kier molecular flexibility index (Phi) is 20.0. The number of nitro benzene ring substituents is 2. The largest absolute Gasteiger partial charge is 0.456 e. The molecule has 392 valence electrons. The van der Waals surface area contributed by atoms with E-state index in [4.69, 9.17) is 28.4 Å². The van der Waals surface area contributed by atoms with E-state index in [1.165, 1.54) is 26.2 Å². The third kappa shape index (κ3) is 13.5. The quantitative estimate of drug-likeness (QED) is 0.0849. The highest BCUT2D eigenvalue weighted by molar-refractivity contribution is 6.38. The Morgan fingerprint density at radius 3 is 2.15 bits per heavy atom. The van der Waals surface area contributed by atoms with E-state index in [1.807, 2.05) is 13.0 Å². The normalized spacial score (nSPS) is 35.1. The third-order valence-electron chi connectivity index (χ3n) is 14.8. The molecule has 14 atom stereocenters. The molecule has 5 rings (SSSR count). The number of allylic oxidation sites excluding steroid dienone is 4. The minimum Gasteiger partial charge on any atom is -0.456 e. The molecule has 20 heteroatoms. The molecule has 1 aromatic rings. The van der Waals surface area contributed by atoms with Gasteiger partial charge in [0.15, 0.2) is 5.78 Å². The Morgan fingerprint density at radius 1 is 0.915 bits per heavy atom. The Morgan fingerprint density at radius 2 is 1.55 bits per heavy atom. The van der Waals surface area contributed by atoms with Crippen molar-refractivity contribution in [3.05, 3.63) is 79.9 Å². The first-order valence-corrected chi connectivity index (χ1v) is 24.4. The molecule has 2 saturated heterocycles. The lowest BCUT2D eigenvalue weighted by Gasteiger charge is -2.47. The van der Waals surface area contributed by atoms with E-state index >= 15 is 0 Å². The average molecular weight is 998 g/mol. The van der Waals surface area contributed by atoms with Gasteiger partial charge in [-0.2, -0.15) is 0 Å². The summed E-state index contributed by atoms with van der Waals surface area (Å²) in [5.41, 5.74) is -0.655. The molecule has 3 heterocycles. The number of methoxy groups -OCH3 is 3. The molecule has 1 saturated carbocycles. The highest BCUT2D eigenvalue weighted by Crippen LogP contribution is 2.39. The zero-order chi connectivity index (χ0) is 52.5. The number of aliphatic hydroxyl groups is 2. The Hall–Kier alpha value is -5.09. The average Bonchev–Trinajstić information content (AvgIpc) is 3.35. The number of non-ortho nitro benzene ring substituents is 2. The van der Waals surface area contributed by atoms with Crippen molar-refractivity contribution in [3.63, 3.8) is 0 Å². The minimum atomic E-state index is -2.56. The van der Waals surface area contributed by atoms with Crippen LogP contribution in [0, 0.1) is 49.8 Å². The number of benzene rings is 1. The van der Waals surface area contributed by atoms with E-state index in [-0.39, 0.29) is 68.3 Å². The van der Waals surface area contributed by atoms with E-state index in [0.29, 0.717) is 43.3 Å². The van der Waals surface area contributed by atoms with Gasteiger partial charge in [0.1, 0.15) is 18.0 Å². The maximum Gasteiger partial charge on any atom is 0.339 e. The van der Waals surface area contributed by atoms with Gasteiger partial charge in [-0.05, 0) is 88.7 Å². The number of carbonyl (C=O) groups excluding carboxylic acids is 5. The Bertz CT molecular complexity index is 2180. The number of Topliss-reactive ketones (excluding diaryl/α,β-unsaturated/α-hetero) is 3. The SMILES string of the molecule is C=CCC1/C=C(\C)C(=O)C(C)CC(OC)C2OC(O)(C(=O)C(=O)N3CCCCC3COC(C(C)=CC3CCC(OC(=O)c4cc([N+](=O)[O-])cc([N+](=O)[O-])c4)C(OC)C3)C(C)C(O)CC1=O)C(C)CC2OC. The second-order valence-electron chi connectivity index (χ2n) is 19.7. The van der Waals surface area contributed by atoms with Crippen LogP contribution < -0.4 is 0 Å². The summed E-state index contributed by atoms with van der Waals surface area (Å²) in [7, 11) is 4.33. The molecule has 2 N–H and O–H groups in total. The maximum absolute atomic E-state index is 14.4. The molecule has 2 bridgehead atoms. The van der Waals surface area contributed by atoms with Crippen molar-refractivity contribution in [3.8, 4) is 0 Å². The van der Waals surface area contributed by atoms with Crippen molar-refractivity contribution < 1.29 is 72.5 Å². The van der Waals surface area contributed by atoms with Crippen molar-refractivity contribution in [1.29, 1.82) is 0 Å². The smallest absolute Gasteiger partial charge is 0.339 e. The van der Waals surface area contributed by atoms with E-state index in [2.05, 4.69) is 6.58 Å². The van der Waals surface area contributed by atoms with Gasteiger partial charge in [0, 0.05) is 70.1 Å². The second-order valence-corrected chi connectivity index (χ2v) is 19.7. The van der Waals surface area contributed by atoms with Crippen LogP contribution in [0.5, 0.6) is 0 Å². The first kappa shape index (κ1) is 56.8.